The Morgan fingerprint density at radius 3 is 2.61 bits per heavy atom. The van der Waals surface area contributed by atoms with Crippen molar-refractivity contribution in [3.63, 3.8) is 0 Å². The van der Waals surface area contributed by atoms with Gasteiger partial charge in [-0.25, -0.2) is 4.98 Å². The van der Waals surface area contributed by atoms with Crippen LogP contribution in [0.5, 0.6) is 0 Å². The second-order valence-electron chi connectivity index (χ2n) is 5.20. The van der Waals surface area contributed by atoms with Gasteiger partial charge in [0.05, 0.1) is 12.1 Å². The van der Waals surface area contributed by atoms with E-state index in [0.717, 1.165) is 26.7 Å². The maximum absolute atomic E-state index is 12.1. The number of aromatic nitrogens is 2. The molecule has 0 aliphatic heterocycles. The average Bonchev–Trinajstić information content (AvgIpc) is 2.95. The van der Waals surface area contributed by atoms with Crippen LogP contribution in [0.3, 0.4) is 0 Å². The largest absolute Gasteiger partial charge is 0.352 e. The van der Waals surface area contributed by atoms with E-state index in [4.69, 9.17) is 0 Å². The van der Waals surface area contributed by atoms with E-state index in [-0.39, 0.29) is 5.91 Å². The lowest BCUT2D eigenvalue weighted by Crippen LogP contribution is -2.24. The monoisotopic (exact) mass is 323 g/mol. The van der Waals surface area contributed by atoms with Crippen LogP contribution in [0.1, 0.15) is 16.1 Å². The third-order valence-corrected chi connectivity index (χ3v) is 4.68. The Labute approximate surface area is 139 Å². The molecule has 1 N–H and O–H groups in total. The van der Waals surface area contributed by atoms with Crippen LogP contribution in [0.25, 0.3) is 10.6 Å². The van der Waals surface area contributed by atoms with Gasteiger partial charge in [0.2, 0.25) is 5.91 Å². The van der Waals surface area contributed by atoms with Gasteiger partial charge in [0.15, 0.2) is 0 Å². The van der Waals surface area contributed by atoms with Crippen molar-refractivity contribution < 1.29 is 4.79 Å². The highest BCUT2D eigenvalue weighted by Crippen LogP contribution is 2.27. The van der Waals surface area contributed by atoms with Gasteiger partial charge in [0.1, 0.15) is 5.01 Å². The number of carbonyl (C=O) groups is 1. The third-order valence-electron chi connectivity index (χ3n) is 3.47. The minimum atomic E-state index is 0.0156. The van der Waals surface area contributed by atoms with Crippen molar-refractivity contribution >= 4 is 17.2 Å². The van der Waals surface area contributed by atoms with E-state index in [0.29, 0.717) is 13.0 Å². The minimum Gasteiger partial charge on any atom is -0.352 e. The van der Waals surface area contributed by atoms with Gasteiger partial charge in [-0.3, -0.25) is 9.78 Å². The van der Waals surface area contributed by atoms with Crippen molar-refractivity contribution in [1.82, 2.24) is 15.3 Å². The maximum Gasteiger partial charge on any atom is 0.225 e. The molecule has 0 radical (unpaired) electrons. The van der Waals surface area contributed by atoms with E-state index in [1.807, 2.05) is 49.4 Å². The number of nitrogens with one attached hydrogen (secondary N) is 1. The predicted octanol–water partition coefficient (Wildman–Crippen LogP) is 3.37. The number of aryl methyl sites for hydroxylation is 1. The van der Waals surface area contributed by atoms with Crippen molar-refractivity contribution in [2.45, 2.75) is 19.9 Å². The summed E-state index contributed by atoms with van der Waals surface area (Å²) in [7, 11) is 0. The standard InChI is InChI=1S/C18H17N3OS/c1-13-16(23-18(21-13)15-7-9-19-10-8-15)11-17(22)20-12-14-5-3-2-4-6-14/h2-10H,11-12H2,1H3,(H,20,22). The van der Waals surface area contributed by atoms with Gasteiger partial charge in [0.25, 0.3) is 0 Å². The number of rotatable bonds is 5. The van der Waals surface area contributed by atoms with Gasteiger partial charge in [-0.05, 0) is 24.6 Å². The zero-order valence-corrected chi connectivity index (χ0v) is 13.6. The summed E-state index contributed by atoms with van der Waals surface area (Å²) >= 11 is 1.56. The molecule has 0 bridgehead atoms. The first-order valence-electron chi connectivity index (χ1n) is 7.39. The molecule has 2 aromatic heterocycles. The molecule has 0 aliphatic rings. The molecule has 3 rings (SSSR count). The molecule has 0 atom stereocenters. The number of benzene rings is 1. The van der Waals surface area contributed by atoms with Crippen LogP contribution in [0.4, 0.5) is 0 Å². The Morgan fingerprint density at radius 2 is 1.87 bits per heavy atom. The SMILES string of the molecule is Cc1nc(-c2ccncc2)sc1CC(=O)NCc1ccccc1. The summed E-state index contributed by atoms with van der Waals surface area (Å²) < 4.78 is 0. The lowest BCUT2D eigenvalue weighted by atomic mass is 10.2. The topological polar surface area (TPSA) is 54.9 Å². The lowest BCUT2D eigenvalue weighted by molar-refractivity contribution is -0.120. The summed E-state index contributed by atoms with van der Waals surface area (Å²) in [5, 5.41) is 3.88. The molecule has 23 heavy (non-hydrogen) atoms. The maximum atomic E-state index is 12.1. The van der Waals surface area contributed by atoms with Crippen LogP contribution in [-0.2, 0) is 17.8 Å². The number of nitrogens with zero attached hydrogens (tertiary/aromatic N) is 2. The van der Waals surface area contributed by atoms with E-state index < -0.39 is 0 Å². The molecule has 116 valence electrons. The van der Waals surface area contributed by atoms with Crippen LogP contribution in [0.2, 0.25) is 0 Å². The van der Waals surface area contributed by atoms with Gasteiger partial charge >= 0.3 is 0 Å². The van der Waals surface area contributed by atoms with E-state index in [9.17, 15) is 4.79 Å². The lowest BCUT2D eigenvalue weighted by Gasteiger charge is -2.04. The van der Waals surface area contributed by atoms with Gasteiger partial charge < -0.3 is 5.32 Å². The minimum absolute atomic E-state index is 0.0156. The van der Waals surface area contributed by atoms with Gasteiger partial charge in [-0.15, -0.1) is 11.3 Å². The Kier molecular flexibility index (Phi) is 4.78. The fraction of sp³-hybridized carbons (Fsp3) is 0.167. The predicted molar refractivity (Wildman–Crippen MR) is 92.1 cm³/mol. The average molecular weight is 323 g/mol. The van der Waals surface area contributed by atoms with Crippen LogP contribution in [0, 0.1) is 6.92 Å². The van der Waals surface area contributed by atoms with Crippen LogP contribution in [0.15, 0.2) is 54.9 Å². The Hall–Kier alpha value is -2.53. The molecule has 5 heteroatoms. The Bertz CT molecular complexity index is 785. The number of amides is 1. The summed E-state index contributed by atoms with van der Waals surface area (Å²) in [4.78, 5) is 21.7. The summed E-state index contributed by atoms with van der Waals surface area (Å²) in [6.45, 7) is 2.50. The van der Waals surface area contributed by atoms with Crippen molar-refractivity contribution in [3.05, 3.63) is 71.0 Å². The molecule has 2 heterocycles. The zero-order chi connectivity index (χ0) is 16.1. The number of hydrogen-bond acceptors (Lipinski definition) is 4. The molecular weight excluding hydrogens is 306 g/mol. The molecule has 4 nitrogen and oxygen atoms in total. The summed E-state index contributed by atoms with van der Waals surface area (Å²) in [5.41, 5.74) is 3.04. The van der Waals surface area contributed by atoms with Crippen molar-refractivity contribution in [2.24, 2.45) is 0 Å². The fourth-order valence-electron chi connectivity index (χ4n) is 2.21. The molecule has 3 aromatic rings. The van der Waals surface area contributed by atoms with E-state index in [1.165, 1.54) is 0 Å². The zero-order valence-electron chi connectivity index (χ0n) is 12.8. The summed E-state index contributed by atoms with van der Waals surface area (Å²) in [6, 6.07) is 13.8. The number of thiazole rings is 1. The normalized spacial score (nSPS) is 10.5. The van der Waals surface area contributed by atoms with Gasteiger partial charge in [-0.1, -0.05) is 30.3 Å². The quantitative estimate of drug-likeness (QED) is 0.783. The second-order valence-corrected chi connectivity index (χ2v) is 6.29. The Morgan fingerprint density at radius 1 is 1.13 bits per heavy atom. The highest BCUT2D eigenvalue weighted by atomic mass is 32.1. The van der Waals surface area contributed by atoms with E-state index in [2.05, 4.69) is 15.3 Å². The molecule has 1 amide bonds. The van der Waals surface area contributed by atoms with Gasteiger partial charge in [-0.2, -0.15) is 0 Å². The van der Waals surface area contributed by atoms with Crippen molar-refractivity contribution in [3.8, 4) is 10.6 Å². The number of pyridine rings is 1. The molecular formula is C18H17N3OS. The van der Waals surface area contributed by atoms with E-state index in [1.54, 1.807) is 23.7 Å². The smallest absolute Gasteiger partial charge is 0.225 e. The molecule has 0 aliphatic carbocycles. The number of carbonyl (C=O) groups excluding carboxylic acids is 1. The van der Waals surface area contributed by atoms with Crippen molar-refractivity contribution in [2.75, 3.05) is 0 Å². The first-order valence-corrected chi connectivity index (χ1v) is 8.21. The van der Waals surface area contributed by atoms with Crippen molar-refractivity contribution in [1.29, 1.82) is 0 Å². The third kappa shape index (κ3) is 4.02. The second kappa shape index (κ2) is 7.15. The molecule has 0 unspecified atom stereocenters. The van der Waals surface area contributed by atoms with Gasteiger partial charge in [0, 0.05) is 29.4 Å². The highest BCUT2D eigenvalue weighted by Gasteiger charge is 2.12. The Balaban J connectivity index is 1.64. The molecule has 0 saturated carbocycles. The van der Waals surface area contributed by atoms with E-state index >= 15 is 0 Å². The molecule has 0 fully saturated rings. The highest BCUT2D eigenvalue weighted by molar-refractivity contribution is 7.15. The van der Waals surface area contributed by atoms with Crippen LogP contribution < -0.4 is 5.32 Å². The summed E-state index contributed by atoms with van der Waals surface area (Å²) in [6.07, 6.45) is 3.86. The molecule has 1 aromatic carbocycles. The van der Waals surface area contributed by atoms with Crippen LogP contribution in [-0.4, -0.2) is 15.9 Å². The first-order chi connectivity index (χ1) is 11.2. The summed E-state index contributed by atoms with van der Waals surface area (Å²) in [5.74, 6) is 0.0156. The molecule has 0 spiro atoms. The first kappa shape index (κ1) is 15.4. The molecule has 0 saturated heterocycles. The number of hydrogen-bond donors (Lipinski definition) is 1. The van der Waals surface area contributed by atoms with Crippen LogP contribution >= 0.6 is 11.3 Å². The fourth-order valence-corrected chi connectivity index (χ4v) is 3.28.